The number of benzene rings is 3. The first-order valence-corrected chi connectivity index (χ1v) is 14.4. The van der Waals surface area contributed by atoms with E-state index in [1.165, 1.54) is 0 Å². The first kappa shape index (κ1) is 28.0. The molecule has 9 heteroatoms. The lowest BCUT2D eigenvalue weighted by molar-refractivity contribution is 0.0736. The van der Waals surface area contributed by atoms with Gasteiger partial charge in [0.2, 0.25) is 0 Å². The Morgan fingerprint density at radius 1 is 1.00 bits per heavy atom. The van der Waals surface area contributed by atoms with Crippen LogP contribution >= 0.6 is 0 Å². The SMILES string of the molecule is Cc1cc(C(=O)N2CCCC2Cc2ccccn2)ccc1-c1cccc(COc2ccc(Cn3oc(=O)[nH]c3=O)cc2)c1. The van der Waals surface area contributed by atoms with E-state index in [0.29, 0.717) is 17.9 Å². The van der Waals surface area contributed by atoms with Crippen molar-refractivity contribution in [3.8, 4) is 16.9 Å². The Hall–Kier alpha value is -5.18. The molecule has 1 aliphatic heterocycles. The molecule has 1 saturated heterocycles. The zero-order valence-electron chi connectivity index (χ0n) is 23.9. The van der Waals surface area contributed by atoms with E-state index in [-0.39, 0.29) is 18.5 Å². The standard InChI is InChI=1S/C34H32N4O5/c1-23-18-27(32(39)37-17-5-9-29(37)20-28-8-2-3-16-35-28)12-15-31(23)26-7-4-6-25(19-26)22-42-30-13-10-24(11-14-30)21-38-33(40)36-34(41)43-38/h2-4,6-8,10-16,18-19,29H,5,9,17,20-22H2,1H3,(H,36,40,41). The molecule has 9 nitrogen and oxygen atoms in total. The molecular weight excluding hydrogens is 544 g/mol. The molecule has 1 unspecified atom stereocenters. The molecule has 5 aromatic rings. The number of ether oxygens (including phenoxy) is 1. The van der Waals surface area contributed by atoms with Gasteiger partial charge in [0.05, 0.1) is 6.54 Å². The predicted octanol–water partition coefficient (Wildman–Crippen LogP) is 4.97. The van der Waals surface area contributed by atoms with Crippen molar-refractivity contribution in [1.82, 2.24) is 19.6 Å². The molecule has 1 amide bonds. The van der Waals surface area contributed by atoms with Crippen LogP contribution in [0.5, 0.6) is 5.75 Å². The maximum absolute atomic E-state index is 13.5. The van der Waals surface area contributed by atoms with Gasteiger partial charge in [-0.25, -0.2) is 14.6 Å². The number of carbonyl (C=O) groups excluding carboxylic acids is 1. The summed E-state index contributed by atoms with van der Waals surface area (Å²) in [6, 6.07) is 27.5. The summed E-state index contributed by atoms with van der Waals surface area (Å²) >= 11 is 0. The van der Waals surface area contributed by atoms with Gasteiger partial charge in [0.25, 0.3) is 5.91 Å². The molecule has 2 aromatic heterocycles. The Balaban J connectivity index is 1.10. The molecule has 0 aliphatic carbocycles. The number of hydrogen-bond donors (Lipinski definition) is 1. The van der Waals surface area contributed by atoms with Gasteiger partial charge in [0, 0.05) is 36.5 Å². The second kappa shape index (κ2) is 12.4. The zero-order chi connectivity index (χ0) is 29.8. The average Bonchev–Trinajstić information content (AvgIpc) is 3.61. The number of pyridine rings is 1. The molecule has 1 aliphatic rings. The third kappa shape index (κ3) is 6.51. The van der Waals surface area contributed by atoms with Crippen LogP contribution < -0.4 is 16.2 Å². The maximum Gasteiger partial charge on any atom is 0.440 e. The van der Waals surface area contributed by atoms with Crippen molar-refractivity contribution >= 4 is 5.91 Å². The number of aromatic nitrogens is 3. The van der Waals surface area contributed by atoms with E-state index in [9.17, 15) is 14.4 Å². The van der Waals surface area contributed by atoms with E-state index in [2.05, 4.69) is 22.1 Å². The number of amides is 1. The average molecular weight is 577 g/mol. The number of H-pyrrole nitrogens is 1. The van der Waals surface area contributed by atoms with E-state index in [1.54, 1.807) is 6.20 Å². The molecule has 1 N–H and O–H groups in total. The summed E-state index contributed by atoms with van der Waals surface area (Å²) in [7, 11) is 0. The highest BCUT2D eigenvalue weighted by molar-refractivity contribution is 5.95. The van der Waals surface area contributed by atoms with E-state index in [0.717, 1.165) is 64.1 Å². The van der Waals surface area contributed by atoms with Gasteiger partial charge in [-0.1, -0.05) is 42.5 Å². The molecule has 0 bridgehead atoms. The van der Waals surface area contributed by atoms with Crippen LogP contribution in [0, 0.1) is 6.92 Å². The monoisotopic (exact) mass is 576 g/mol. The highest BCUT2D eigenvalue weighted by Gasteiger charge is 2.30. The fourth-order valence-corrected chi connectivity index (χ4v) is 5.63. The van der Waals surface area contributed by atoms with Gasteiger partial charge in [-0.05, 0) is 90.0 Å². The molecule has 6 rings (SSSR count). The molecule has 1 fully saturated rings. The number of aromatic amines is 1. The molecule has 1 atom stereocenters. The van der Waals surface area contributed by atoms with Crippen LogP contribution in [-0.2, 0) is 19.6 Å². The second-order valence-electron chi connectivity index (χ2n) is 10.8. The van der Waals surface area contributed by atoms with Crippen molar-refractivity contribution in [2.24, 2.45) is 0 Å². The molecule has 0 saturated carbocycles. The summed E-state index contributed by atoms with van der Waals surface area (Å²) in [6.45, 7) is 3.33. The molecule has 3 aromatic carbocycles. The highest BCUT2D eigenvalue weighted by atomic mass is 16.5. The maximum atomic E-state index is 13.5. The first-order valence-electron chi connectivity index (χ1n) is 14.4. The number of rotatable bonds is 9. The molecule has 218 valence electrons. The third-order valence-electron chi connectivity index (χ3n) is 7.80. The van der Waals surface area contributed by atoms with Crippen LogP contribution in [0.4, 0.5) is 0 Å². The summed E-state index contributed by atoms with van der Waals surface area (Å²) in [5.41, 5.74) is 6.11. The molecule has 43 heavy (non-hydrogen) atoms. The van der Waals surface area contributed by atoms with Crippen LogP contribution in [0.25, 0.3) is 11.1 Å². The van der Waals surface area contributed by atoms with Gasteiger partial charge in [-0.2, -0.15) is 0 Å². The largest absolute Gasteiger partial charge is 0.489 e. The Morgan fingerprint density at radius 3 is 2.60 bits per heavy atom. The second-order valence-corrected chi connectivity index (χ2v) is 10.8. The fourth-order valence-electron chi connectivity index (χ4n) is 5.63. The number of nitrogens with zero attached hydrogens (tertiary/aromatic N) is 3. The van der Waals surface area contributed by atoms with Crippen molar-refractivity contribution < 1.29 is 14.1 Å². The van der Waals surface area contributed by atoms with Gasteiger partial charge in [-0.15, -0.1) is 4.74 Å². The first-order chi connectivity index (χ1) is 20.9. The van der Waals surface area contributed by atoms with E-state index in [1.807, 2.05) is 84.6 Å². The van der Waals surface area contributed by atoms with Crippen LogP contribution in [-0.4, -0.2) is 38.1 Å². The number of hydrogen-bond acceptors (Lipinski definition) is 6. The minimum absolute atomic E-state index is 0.0750. The van der Waals surface area contributed by atoms with Crippen molar-refractivity contribution in [1.29, 1.82) is 0 Å². The fraction of sp³-hybridized carbons (Fsp3) is 0.235. The lowest BCUT2D eigenvalue weighted by Crippen LogP contribution is -2.37. The van der Waals surface area contributed by atoms with Crippen molar-refractivity contribution in [3.63, 3.8) is 0 Å². The minimum Gasteiger partial charge on any atom is -0.489 e. The van der Waals surface area contributed by atoms with Gasteiger partial charge in [0.1, 0.15) is 12.4 Å². The van der Waals surface area contributed by atoms with Crippen molar-refractivity contribution in [3.05, 3.63) is 140 Å². The van der Waals surface area contributed by atoms with Gasteiger partial charge >= 0.3 is 11.4 Å². The predicted molar refractivity (Wildman–Crippen MR) is 162 cm³/mol. The number of nitrogens with one attached hydrogen (secondary N) is 1. The normalized spacial score (nSPS) is 14.6. The lowest BCUT2D eigenvalue weighted by Gasteiger charge is -2.25. The van der Waals surface area contributed by atoms with Crippen molar-refractivity contribution in [2.45, 2.75) is 45.4 Å². The Morgan fingerprint density at radius 2 is 1.86 bits per heavy atom. The number of aryl methyl sites for hydroxylation is 1. The number of likely N-dealkylation sites (tertiary alicyclic amines) is 1. The Labute approximate surface area is 248 Å². The van der Waals surface area contributed by atoms with Gasteiger partial charge in [0.15, 0.2) is 0 Å². The zero-order valence-corrected chi connectivity index (χ0v) is 23.9. The summed E-state index contributed by atoms with van der Waals surface area (Å²) in [6.07, 6.45) is 4.58. The van der Waals surface area contributed by atoms with Crippen LogP contribution in [0.15, 0.2) is 105 Å². The smallest absolute Gasteiger partial charge is 0.440 e. The quantitative estimate of drug-likeness (QED) is 0.265. The third-order valence-corrected chi connectivity index (χ3v) is 7.80. The lowest BCUT2D eigenvalue weighted by atomic mass is 9.96. The Bertz CT molecular complexity index is 1840. The molecule has 0 spiro atoms. The topological polar surface area (TPSA) is 110 Å². The highest BCUT2D eigenvalue weighted by Crippen LogP contribution is 2.28. The van der Waals surface area contributed by atoms with Crippen molar-refractivity contribution in [2.75, 3.05) is 6.54 Å². The summed E-state index contributed by atoms with van der Waals surface area (Å²) in [4.78, 5) is 44.9. The van der Waals surface area contributed by atoms with Crippen LogP contribution in [0.1, 0.15) is 45.6 Å². The number of carbonyl (C=O) groups is 1. The van der Waals surface area contributed by atoms with Gasteiger partial charge in [-0.3, -0.25) is 9.78 Å². The molecule has 3 heterocycles. The van der Waals surface area contributed by atoms with Crippen LogP contribution in [0.3, 0.4) is 0 Å². The van der Waals surface area contributed by atoms with Gasteiger partial charge < -0.3 is 14.2 Å². The van der Waals surface area contributed by atoms with E-state index in [4.69, 9.17) is 9.26 Å². The summed E-state index contributed by atoms with van der Waals surface area (Å²) in [5.74, 6) is -0.0233. The Kier molecular flexibility index (Phi) is 8.04. The minimum atomic E-state index is -0.778. The summed E-state index contributed by atoms with van der Waals surface area (Å²) < 4.78 is 11.8. The molecular formula is C34H32N4O5. The summed E-state index contributed by atoms with van der Waals surface area (Å²) in [5, 5.41) is 0. The molecule has 0 radical (unpaired) electrons. The van der Waals surface area contributed by atoms with E-state index < -0.39 is 11.4 Å². The van der Waals surface area contributed by atoms with E-state index >= 15 is 0 Å². The van der Waals surface area contributed by atoms with Crippen LogP contribution in [0.2, 0.25) is 0 Å².